The van der Waals surface area contributed by atoms with Crippen molar-refractivity contribution in [1.29, 1.82) is 0 Å². The van der Waals surface area contributed by atoms with Crippen molar-refractivity contribution < 1.29 is 5.11 Å². The molecule has 0 aliphatic heterocycles. The number of anilines is 2. The van der Waals surface area contributed by atoms with Crippen molar-refractivity contribution in [3.8, 4) is 0 Å². The molecular formula is C14H23BrN4O. The monoisotopic (exact) mass is 342 g/mol. The lowest BCUT2D eigenvalue weighted by Gasteiger charge is -2.40. The van der Waals surface area contributed by atoms with Crippen LogP contribution in [0.25, 0.3) is 0 Å². The minimum Gasteiger partial charge on any atom is -0.388 e. The molecule has 20 heavy (non-hydrogen) atoms. The zero-order chi connectivity index (χ0) is 14.8. The Kier molecular flexibility index (Phi) is 4.54. The highest BCUT2D eigenvalue weighted by Crippen LogP contribution is 2.40. The van der Waals surface area contributed by atoms with Crippen LogP contribution in [0.5, 0.6) is 0 Å². The van der Waals surface area contributed by atoms with Crippen LogP contribution in [0, 0.1) is 5.41 Å². The highest BCUT2D eigenvalue weighted by Gasteiger charge is 2.36. The highest BCUT2D eigenvalue weighted by atomic mass is 79.9. The second kappa shape index (κ2) is 5.85. The SMILES string of the molecule is CNc1ncc(Br)c(NCC2(O)CCC(C)(C)CC2)n1. The number of hydrogen-bond acceptors (Lipinski definition) is 5. The largest absolute Gasteiger partial charge is 0.388 e. The molecule has 0 aromatic carbocycles. The average Bonchev–Trinajstić information content (AvgIpc) is 2.42. The van der Waals surface area contributed by atoms with Crippen LogP contribution in [-0.4, -0.2) is 34.3 Å². The highest BCUT2D eigenvalue weighted by molar-refractivity contribution is 9.10. The van der Waals surface area contributed by atoms with Gasteiger partial charge in [-0.2, -0.15) is 4.98 Å². The predicted octanol–water partition coefficient (Wildman–Crippen LogP) is 3.02. The van der Waals surface area contributed by atoms with E-state index in [4.69, 9.17) is 0 Å². The lowest BCUT2D eigenvalue weighted by Crippen LogP contribution is -2.42. The molecule has 0 atom stereocenters. The smallest absolute Gasteiger partial charge is 0.224 e. The number of nitrogens with one attached hydrogen (secondary N) is 2. The van der Waals surface area contributed by atoms with Crippen molar-refractivity contribution in [2.24, 2.45) is 5.41 Å². The third-order valence-electron chi connectivity index (χ3n) is 4.09. The summed E-state index contributed by atoms with van der Waals surface area (Å²) in [6, 6.07) is 0. The lowest BCUT2D eigenvalue weighted by atomic mass is 9.71. The summed E-state index contributed by atoms with van der Waals surface area (Å²) in [7, 11) is 1.78. The van der Waals surface area contributed by atoms with Gasteiger partial charge in [-0.05, 0) is 47.0 Å². The minimum absolute atomic E-state index is 0.348. The van der Waals surface area contributed by atoms with E-state index in [9.17, 15) is 5.11 Å². The van der Waals surface area contributed by atoms with Crippen LogP contribution < -0.4 is 10.6 Å². The number of aliphatic hydroxyl groups is 1. The van der Waals surface area contributed by atoms with E-state index in [1.165, 1.54) is 0 Å². The molecule has 5 nitrogen and oxygen atoms in total. The van der Waals surface area contributed by atoms with Crippen molar-refractivity contribution in [1.82, 2.24) is 9.97 Å². The molecule has 112 valence electrons. The first-order chi connectivity index (χ1) is 9.34. The summed E-state index contributed by atoms with van der Waals surface area (Å²) in [5.74, 6) is 1.27. The van der Waals surface area contributed by atoms with Crippen LogP contribution >= 0.6 is 15.9 Å². The van der Waals surface area contributed by atoms with E-state index < -0.39 is 5.60 Å². The fourth-order valence-electron chi connectivity index (χ4n) is 2.43. The molecule has 0 amide bonds. The summed E-state index contributed by atoms with van der Waals surface area (Å²) >= 11 is 3.42. The standard InChI is InChI=1S/C14H23BrN4O/c1-13(2)4-6-14(20,7-5-13)9-18-11-10(15)8-17-12(16-3)19-11/h8,20H,4-7,9H2,1-3H3,(H2,16,17,18,19). The molecule has 0 spiro atoms. The van der Waals surface area contributed by atoms with E-state index in [0.717, 1.165) is 30.2 Å². The van der Waals surface area contributed by atoms with Gasteiger partial charge in [0, 0.05) is 19.8 Å². The zero-order valence-electron chi connectivity index (χ0n) is 12.3. The van der Waals surface area contributed by atoms with Gasteiger partial charge in [0.15, 0.2) is 0 Å². The van der Waals surface area contributed by atoms with Crippen LogP contribution in [0.2, 0.25) is 0 Å². The molecule has 0 saturated heterocycles. The number of aromatic nitrogens is 2. The summed E-state index contributed by atoms with van der Waals surface area (Å²) in [6.07, 6.45) is 5.47. The molecule has 0 unspecified atom stereocenters. The maximum Gasteiger partial charge on any atom is 0.224 e. The summed E-state index contributed by atoms with van der Waals surface area (Å²) < 4.78 is 0.802. The number of halogens is 1. The van der Waals surface area contributed by atoms with E-state index in [1.807, 2.05) is 0 Å². The predicted molar refractivity (Wildman–Crippen MR) is 85.0 cm³/mol. The second-order valence-electron chi connectivity index (χ2n) is 6.38. The first-order valence-electron chi connectivity index (χ1n) is 7.00. The number of hydrogen-bond donors (Lipinski definition) is 3. The maximum atomic E-state index is 10.6. The Bertz CT molecular complexity index is 468. The van der Waals surface area contributed by atoms with Gasteiger partial charge in [0.1, 0.15) is 5.82 Å². The van der Waals surface area contributed by atoms with E-state index in [1.54, 1.807) is 13.2 Å². The summed E-state index contributed by atoms with van der Waals surface area (Å²) in [6.45, 7) is 5.04. The average molecular weight is 343 g/mol. The number of rotatable bonds is 4. The fourth-order valence-corrected chi connectivity index (χ4v) is 2.76. The van der Waals surface area contributed by atoms with Gasteiger partial charge in [-0.25, -0.2) is 4.98 Å². The molecule has 2 rings (SSSR count). The van der Waals surface area contributed by atoms with Crippen LogP contribution in [0.3, 0.4) is 0 Å². The molecule has 1 aliphatic carbocycles. The van der Waals surface area contributed by atoms with Gasteiger partial charge >= 0.3 is 0 Å². The Hall–Kier alpha value is -0.880. The molecule has 6 heteroatoms. The topological polar surface area (TPSA) is 70.1 Å². The molecule has 3 N–H and O–H groups in total. The van der Waals surface area contributed by atoms with Crippen molar-refractivity contribution in [2.45, 2.75) is 45.1 Å². The van der Waals surface area contributed by atoms with Crippen LogP contribution in [0.1, 0.15) is 39.5 Å². The molecule has 1 heterocycles. The molecule has 1 aromatic rings. The first kappa shape index (κ1) is 15.5. The molecule has 1 aromatic heterocycles. The van der Waals surface area contributed by atoms with Gasteiger partial charge in [0.05, 0.1) is 10.1 Å². The third-order valence-corrected chi connectivity index (χ3v) is 4.67. The summed E-state index contributed by atoms with van der Waals surface area (Å²) in [5, 5.41) is 16.8. The molecule has 1 fully saturated rings. The van der Waals surface area contributed by atoms with Crippen molar-refractivity contribution in [3.63, 3.8) is 0 Å². The van der Waals surface area contributed by atoms with Gasteiger partial charge in [-0.3, -0.25) is 0 Å². The van der Waals surface area contributed by atoms with Crippen molar-refractivity contribution >= 4 is 27.7 Å². The van der Waals surface area contributed by atoms with E-state index in [2.05, 4.69) is 50.4 Å². The first-order valence-corrected chi connectivity index (χ1v) is 7.79. The Labute approximate surface area is 128 Å². The molecule has 1 aliphatic rings. The maximum absolute atomic E-state index is 10.6. The molecule has 0 radical (unpaired) electrons. The Morgan fingerprint density at radius 3 is 2.55 bits per heavy atom. The van der Waals surface area contributed by atoms with Gasteiger partial charge in [-0.1, -0.05) is 13.8 Å². The lowest BCUT2D eigenvalue weighted by molar-refractivity contribution is -0.0146. The normalized spacial score (nSPS) is 20.4. The van der Waals surface area contributed by atoms with E-state index >= 15 is 0 Å². The van der Waals surface area contributed by atoms with Crippen LogP contribution in [-0.2, 0) is 0 Å². The van der Waals surface area contributed by atoms with Crippen LogP contribution in [0.15, 0.2) is 10.7 Å². The van der Waals surface area contributed by atoms with Crippen LogP contribution in [0.4, 0.5) is 11.8 Å². The third kappa shape index (κ3) is 3.82. The summed E-state index contributed by atoms with van der Waals surface area (Å²) in [5.41, 5.74) is -0.291. The van der Waals surface area contributed by atoms with Crippen molar-refractivity contribution in [3.05, 3.63) is 10.7 Å². The Balaban J connectivity index is 1.98. The van der Waals surface area contributed by atoms with Gasteiger partial charge in [-0.15, -0.1) is 0 Å². The summed E-state index contributed by atoms with van der Waals surface area (Å²) in [4.78, 5) is 8.46. The number of nitrogens with zero attached hydrogens (tertiary/aromatic N) is 2. The molecule has 0 bridgehead atoms. The van der Waals surface area contributed by atoms with Crippen molar-refractivity contribution in [2.75, 3.05) is 24.2 Å². The Morgan fingerprint density at radius 1 is 1.30 bits per heavy atom. The molecule has 1 saturated carbocycles. The minimum atomic E-state index is -0.639. The molecular weight excluding hydrogens is 320 g/mol. The quantitative estimate of drug-likeness (QED) is 0.784. The van der Waals surface area contributed by atoms with Gasteiger partial charge < -0.3 is 15.7 Å². The Morgan fingerprint density at radius 2 is 1.95 bits per heavy atom. The zero-order valence-corrected chi connectivity index (χ0v) is 13.9. The van der Waals surface area contributed by atoms with Gasteiger partial charge in [0.25, 0.3) is 0 Å². The fraction of sp³-hybridized carbons (Fsp3) is 0.714. The van der Waals surface area contributed by atoms with Gasteiger partial charge in [0.2, 0.25) is 5.95 Å². The van der Waals surface area contributed by atoms with E-state index in [0.29, 0.717) is 23.7 Å². The second-order valence-corrected chi connectivity index (χ2v) is 7.24. The van der Waals surface area contributed by atoms with E-state index in [-0.39, 0.29) is 0 Å².